The van der Waals surface area contributed by atoms with Gasteiger partial charge in [-0.1, -0.05) is 23.8 Å². The van der Waals surface area contributed by atoms with Crippen molar-refractivity contribution >= 4 is 0 Å². The first-order chi connectivity index (χ1) is 9.62. The predicted molar refractivity (Wildman–Crippen MR) is 83.3 cm³/mol. The van der Waals surface area contributed by atoms with E-state index in [0.29, 0.717) is 17.6 Å². The van der Waals surface area contributed by atoms with E-state index in [1.807, 2.05) is 7.11 Å². The van der Waals surface area contributed by atoms with Gasteiger partial charge in [-0.2, -0.15) is 0 Å². The van der Waals surface area contributed by atoms with E-state index < -0.39 is 0 Å². The van der Waals surface area contributed by atoms with Crippen LogP contribution in [0.25, 0.3) is 0 Å². The standard InChI is InChI=1S/C18H27NO/c1-13-4-5-14(2)17(10-13)15-11-18(19-12-15)8-6-16(20-3)7-9-18/h4-5,10,15-16,19H,6-9,11-12H2,1-3H3. The highest BCUT2D eigenvalue weighted by Crippen LogP contribution is 2.42. The summed E-state index contributed by atoms with van der Waals surface area (Å²) in [5.41, 5.74) is 4.78. The van der Waals surface area contributed by atoms with Crippen molar-refractivity contribution in [1.82, 2.24) is 5.32 Å². The molecular formula is C18H27NO. The number of rotatable bonds is 2. The van der Waals surface area contributed by atoms with Crippen molar-refractivity contribution in [3.05, 3.63) is 34.9 Å². The van der Waals surface area contributed by atoms with Crippen molar-refractivity contribution in [1.29, 1.82) is 0 Å². The largest absolute Gasteiger partial charge is 0.381 e. The van der Waals surface area contributed by atoms with Crippen LogP contribution in [0.15, 0.2) is 18.2 Å². The van der Waals surface area contributed by atoms with Gasteiger partial charge in [-0.25, -0.2) is 0 Å². The van der Waals surface area contributed by atoms with Crippen molar-refractivity contribution in [3.63, 3.8) is 0 Å². The molecule has 1 aromatic rings. The summed E-state index contributed by atoms with van der Waals surface area (Å²) < 4.78 is 5.51. The van der Waals surface area contributed by atoms with E-state index in [2.05, 4.69) is 37.4 Å². The van der Waals surface area contributed by atoms with Crippen LogP contribution in [0.3, 0.4) is 0 Å². The van der Waals surface area contributed by atoms with Crippen LogP contribution in [0.2, 0.25) is 0 Å². The highest BCUT2D eigenvalue weighted by atomic mass is 16.5. The number of nitrogens with one attached hydrogen (secondary N) is 1. The zero-order chi connectivity index (χ0) is 14.2. The maximum atomic E-state index is 5.51. The van der Waals surface area contributed by atoms with Crippen molar-refractivity contribution in [2.75, 3.05) is 13.7 Å². The minimum absolute atomic E-state index is 0.385. The van der Waals surface area contributed by atoms with Gasteiger partial charge in [-0.05, 0) is 63.0 Å². The Hall–Kier alpha value is -0.860. The molecule has 2 aliphatic rings. The van der Waals surface area contributed by atoms with Gasteiger partial charge >= 0.3 is 0 Å². The molecule has 0 aromatic heterocycles. The molecule has 3 rings (SSSR count). The molecule has 1 aliphatic heterocycles. The third kappa shape index (κ3) is 2.64. The Labute approximate surface area is 122 Å². The highest BCUT2D eigenvalue weighted by molar-refractivity contribution is 5.35. The zero-order valence-corrected chi connectivity index (χ0v) is 13.0. The van der Waals surface area contributed by atoms with Crippen LogP contribution in [0.1, 0.15) is 54.7 Å². The van der Waals surface area contributed by atoms with Crippen molar-refractivity contribution in [2.45, 2.75) is 63.5 Å². The first kappa shape index (κ1) is 14.1. The smallest absolute Gasteiger partial charge is 0.0572 e. The second kappa shape index (κ2) is 5.50. The van der Waals surface area contributed by atoms with E-state index in [-0.39, 0.29) is 0 Å². The van der Waals surface area contributed by atoms with E-state index in [0.717, 1.165) is 6.54 Å². The molecule has 1 heterocycles. The molecule has 2 heteroatoms. The molecule has 1 aliphatic carbocycles. The summed E-state index contributed by atoms with van der Waals surface area (Å²) in [5, 5.41) is 3.86. The van der Waals surface area contributed by atoms with E-state index in [4.69, 9.17) is 4.74 Å². The molecule has 1 unspecified atom stereocenters. The molecule has 0 radical (unpaired) electrons. The number of hydrogen-bond donors (Lipinski definition) is 1. The van der Waals surface area contributed by atoms with Gasteiger partial charge in [0.1, 0.15) is 0 Å². The van der Waals surface area contributed by atoms with Gasteiger partial charge in [0, 0.05) is 19.2 Å². The fourth-order valence-corrected chi connectivity index (χ4v) is 4.14. The first-order valence-electron chi connectivity index (χ1n) is 7.97. The van der Waals surface area contributed by atoms with Gasteiger partial charge in [0.05, 0.1) is 6.10 Å². The van der Waals surface area contributed by atoms with E-state index >= 15 is 0 Å². The van der Waals surface area contributed by atoms with Gasteiger partial charge in [0.25, 0.3) is 0 Å². The summed E-state index contributed by atoms with van der Waals surface area (Å²) in [4.78, 5) is 0. The van der Waals surface area contributed by atoms with Crippen LogP contribution < -0.4 is 5.32 Å². The average Bonchev–Trinajstić information content (AvgIpc) is 2.86. The Bertz CT molecular complexity index is 474. The molecule has 1 saturated carbocycles. The Balaban J connectivity index is 1.72. The normalized spacial score (nSPS) is 33.8. The maximum absolute atomic E-state index is 5.51. The number of ether oxygens (including phenoxy) is 1. The molecule has 20 heavy (non-hydrogen) atoms. The van der Waals surface area contributed by atoms with E-state index in [9.17, 15) is 0 Å². The summed E-state index contributed by atoms with van der Waals surface area (Å²) in [6.07, 6.45) is 6.75. The summed E-state index contributed by atoms with van der Waals surface area (Å²) in [5.74, 6) is 0.689. The lowest BCUT2D eigenvalue weighted by Crippen LogP contribution is -2.44. The molecule has 1 saturated heterocycles. The Morgan fingerprint density at radius 3 is 2.65 bits per heavy atom. The highest BCUT2D eigenvalue weighted by Gasteiger charge is 2.42. The monoisotopic (exact) mass is 273 g/mol. The van der Waals surface area contributed by atoms with Crippen LogP contribution >= 0.6 is 0 Å². The topological polar surface area (TPSA) is 21.3 Å². The molecule has 110 valence electrons. The molecular weight excluding hydrogens is 246 g/mol. The summed E-state index contributed by atoms with van der Waals surface area (Å²) in [7, 11) is 1.85. The Morgan fingerprint density at radius 1 is 1.20 bits per heavy atom. The quantitative estimate of drug-likeness (QED) is 0.887. The predicted octanol–water partition coefficient (Wildman–Crippen LogP) is 3.71. The Morgan fingerprint density at radius 2 is 1.95 bits per heavy atom. The van der Waals surface area contributed by atoms with Crippen molar-refractivity contribution < 1.29 is 4.74 Å². The molecule has 1 atom stereocenters. The van der Waals surface area contributed by atoms with Gasteiger partial charge in [0.2, 0.25) is 0 Å². The summed E-state index contributed by atoms with van der Waals surface area (Å²) >= 11 is 0. The zero-order valence-electron chi connectivity index (χ0n) is 13.0. The molecule has 1 spiro atoms. The van der Waals surface area contributed by atoms with Gasteiger partial charge in [0.15, 0.2) is 0 Å². The Kier molecular flexibility index (Phi) is 3.87. The SMILES string of the molecule is COC1CCC2(CC1)CC(c1cc(C)ccc1C)CN2. The first-order valence-corrected chi connectivity index (χ1v) is 7.97. The van der Waals surface area contributed by atoms with Crippen LogP contribution in [0, 0.1) is 13.8 Å². The molecule has 0 bridgehead atoms. The summed E-state index contributed by atoms with van der Waals surface area (Å²) in [6.45, 7) is 5.59. The fraction of sp³-hybridized carbons (Fsp3) is 0.667. The third-order valence-corrected chi connectivity index (χ3v) is 5.46. The number of benzene rings is 1. The molecule has 0 amide bonds. The summed E-state index contributed by atoms with van der Waals surface area (Å²) in [6, 6.07) is 6.89. The molecule has 2 nitrogen and oxygen atoms in total. The lowest BCUT2D eigenvalue weighted by atomic mass is 9.76. The lowest BCUT2D eigenvalue weighted by Gasteiger charge is -2.37. The lowest BCUT2D eigenvalue weighted by molar-refractivity contribution is 0.0454. The molecule has 1 N–H and O–H groups in total. The van der Waals surface area contributed by atoms with Crippen LogP contribution in [-0.2, 0) is 4.74 Å². The van der Waals surface area contributed by atoms with Crippen LogP contribution in [0.5, 0.6) is 0 Å². The number of hydrogen-bond acceptors (Lipinski definition) is 2. The van der Waals surface area contributed by atoms with Crippen LogP contribution in [0.4, 0.5) is 0 Å². The van der Waals surface area contributed by atoms with Crippen LogP contribution in [-0.4, -0.2) is 25.3 Å². The van der Waals surface area contributed by atoms with Crippen molar-refractivity contribution in [2.24, 2.45) is 0 Å². The second-order valence-electron chi connectivity index (χ2n) is 6.86. The average molecular weight is 273 g/mol. The molecule has 2 fully saturated rings. The minimum Gasteiger partial charge on any atom is -0.381 e. The van der Waals surface area contributed by atoms with Gasteiger partial charge in [-0.3, -0.25) is 0 Å². The number of aryl methyl sites for hydroxylation is 2. The van der Waals surface area contributed by atoms with Gasteiger partial charge in [-0.15, -0.1) is 0 Å². The number of methoxy groups -OCH3 is 1. The minimum atomic E-state index is 0.385. The third-order valence-electron chi connectivity index (χ3n) is 5.46. The van der Waals surface area contributed by atoms with Crippen molar-refractivity contribution in [3.8, 4) is 0 Å². The van der Waals surface area contributed by atoms with E-state index in [1.54, 1.807) is 5.56 Å². The fourth-order valence-electron chi connectivity index (χ4n) is 4.14. The maximum Gasteiger partial charge on any atom is 0.0572 e. The second-order valence-corrected chi connectivity index (χ2v) is 6.86. The van der Waals surface area contributed by atoms with Gasteiger partial charge < -0.3 is 10.1 Å². The van der Waals surface area contributed by atoms with E-state index in [1.165, 1.54) is 43.2 Å². The molecule has 1 aromatic carbocycles.